The molecule has 2 heterocycles. The van der Waals surface area contributed by atoms with Gasteiger partial charge in [-0.15, -0.1) is 0 Å². The van der Waals surface area contributed by atoms with E-state index in [0.29, 0.717) is 6.17 Å². The number of hydrogen-bond donors (Lipinski definition) is 0. The lowest BCUT2D eigenvalue weighted by molar-refractivity contribution is -0.659. The van der Waals surface area contributed by atoms with Crippen LogP contribution in [0.15, 0.2) is 103 Å². The van der Waals surface area contributed by atoms with E-state index in [2.05, 4.69) is 116 Å². The summed E-state index contributed by atoms with van der Waals surface area (Å²) in [6.07, 6.45) is 0.505. The van der Waals surface area contributed by atoms with Crippen molar-refractivity contribution in [3.8, 4) is 16.9 Å². The third-order valence-corrected chi connectivity index (χ3v) is 7.94. The fourth-order valence-electron chi connectivity index (χ4n) is 6.06. The predicted molar refractivity (Wildman–Crippen MR) is 157 cm³/mol. The van der Waals surface area contributed by atoms with Gasteiger partial charge < -0.3 is 4.57 Å². The fourth-order valence-corrected chi connectivity index (χ4v) is 6.06. The van der Waals surface area contributed by atoms with Crippen molar-refractivity contribution in [1.82, 2.24) is 4.57 Å². The van der Waals surface area contributed by atoms with E-state index in [-0.39, 0.29) is 0 Å². The fraction of sp³-hybridized carbons (Fsp3) is 0.114. The average molecular weight is 479 g/mol. The van der Waals surface area contributed by atoms with E-state index in [9.17, 15) is 0 Å². The van der Waals surface area contributed by atoms with E-state index in [4.69, 9.17) is 1.37 Å². The van der Waals surface area contributed by atoms with Gasteiger partial charge in [-0.2, -0.15) is 0 Å². The van der Waals surface area contributed by atoms with Gasteiger partial charge in [0.1, 0.15) is 8.42 Å². The van der Waals surface area contributed by atoms with Crippen LogP contribution in [0.1, 0.15) is 18.1 Å². The number of hydrogen-bond acceptors (Lipinski definition) is 0. The van der Waals surface area contributed by atoms with Crippen molar-refractivity contribution in [3.63, 3.8) is 0 Å². The summed E-state index contributed by atoms with van der Waals surface area (Å²) in [4.78, 5) is 0. The Labute approximate surface area is 218 Å². The van der Waals surface area contributed by atoms with Gasteiger partial charge in [0, 0.05) is 27.9 Å². The summed E-state index contributed by atoms with van der Waals surface area (Å²) < 4.78 is 13.2. The lowest BCUT2D eigenvalue weighted by atomic mass is 9.93. The Kier molecular flexibility index (Phi) is 4.51. The van der Waals surface area contributed by atoms with Crippen molar-refractivity contribution in [3.05, 3.63) is 120 Å². The molecular formula is C35H29N2+. The van der Waals surface area contributed by atoms with Crippen LogP contribution in [-0.2, 0) is 7.05 Å². The molecule has 178 valence electrons. The van der Waals surface area contributed by atoms with Crippen LogP contribution < -0.4 is 4.57 Å². The largest absolute Gasteiger partial charge is 0.309 e. The van der Waals surface area contributed by atoms with Gasteiger partial charge in [-0.05, 0) is 79.1 Å². The Morgan fingerprint density at radius 3 is 2.05 bits per heavy atom. The minimum absolute atomic E-state index is 0.505. The molecule has 0 aliphatic rings. The molecule has 2 aromatic heterocycles. The number of para-hydroxylation sites is 2. The zero-order valence-electron chi connectivity index (χ0n) is 22.6. The van der Waals surface area contributed by atoms with Gasteiger partial charge in [-0.1, -0.05) is 60.2 Å². The first-order valence-corrected chi connectivity index (χ1v) is 12.9. The third-order valence-electron chi connectivity index (χ3n) is 7.94. The molecular weight excluding hydrogens is 448 g/mol. The Morgan fingerprint density at radius 2 is 1.32 bits per heavy atom. The molecule has 7 aromatic rings. The molecule has 0 aliphatic carbocycles. The minimum Gasteiger partial charge on any atom is -0.309 e. The smallest absolute Gasteiger partial charge is 0.220 e. The quantitative estimate of drug-likeness (QED) is 0.174. The van der Waals surface area contributed by atoms with Crippen LogP contribution in [0.2, 0.25) is 0 Å². The van der Waals surface area contributed by atoms with Crippen LogP contribution in [0, 0.1) is 20.8 Å². The molecule has 0 aliphatic heterocycles. The molecule has 0 N–H and O–H groups in total. The number of rotatable bonds is 2. The van der Waals surface area contributed by atoms with Crippen LogP contribution in [-0.4, -0.2) is 4.57 Å². The van der Waals surface area contributed by atoms with E-state index in [1.54, 1.807) is 0 Å². The minimum atomic E-state index is 0.505. The maximum absolute atomic E-state index is 8.84. The summed E-state index contributed by atoms with van der Waals surface area (Å²) in [6.45, 7) is 6.50. The molecule has 0 amide bonds. The van der Waals surface area contributed by atoms with Crippen LogP contribution in [0.4, 0.5) is 0 Å². The highest BCUT2D eigenvalue weighted by Crippen LogP contribution is 2.36. The van der Waals surface area contributed by atoms with Gasteiger partial charge in [0.2, 0.25) is 5.69 Å². The highest BCUT2D eigenvalue weighted by atomic mass is 15.0. The van der Waals surface area contributed by atoms with Crippen molar-refractivity contribution in [2.45, 2.75) is 20.8 Å². The highest BCUT2D eigenvalue weighted by molar-refractivity contribution is 6.12. The zero-order chi connectivity index (χ0) is 26.1. The zero-order valence-corrected chi connectivity index (χ0v) is 21.6. The molecule has 0 atom stereocenters. The molecule has 2 heteroatoms. The molecule has 0 bridgehead atoms. The Hall–Kier alpha value is -4.43. The average Bonchev–Trinajstić information content (AvgIpc) is 3.26. The van der Waals surface area contributed by atoms with E-state index in [1.165, 1.54) is 60.2 Å². The maximum atomic E-state index is 8.84. The van der Waals surface area contributed by atoms with Crippen molar-refractivity contribution < 1.29 is 5.94 Å². The van der Waals surface area contributed by atoms with Crippen LogP contribution >= 0.6 is 0 Å². The number of pyridine rings is 1. The summed E-state index contributed by atoms with van der Waals surface area (Å²) >= 11 is 0. The van der Waals surface area contributed by atoms with Gasteiger partial charge in [0.25, 0.3) is 0 Å². The summed E-state index contributed by atoms with van der Waals surface area (Å²) in [6, 6.07) is 35.0. The SMILES string of the molecule is [2H]c1cc2c(ccc3cc(-n4c5ccccc5c5ccccc54)ccc32)c(-c2cc(C)cc(C)c2C)[n+]1C. The first-order valence-electron chi connectivity index (χ1n) is 13.4. The van der Waals surface area contributed by atoms with E-state index >= 15 is 0 Å². The molecule has 0 spiro atoms. The standard InChI is InChI=1S/C35H29N2/c1-22-19-23(2)24(3)32(20-22)35-31-15-13-25-21-26(14-16-27(25)28(31)17-18-36(35)4)37-33-11-7-5-9-29(33)30-10-6-8-12-34(30)37/h5-21H,1-4H3/q+1/i18D. The van der Waals surface area contributed by atoms with Gasteiger partial charge in [0.15, 0.2) is 6.17 Å². The second-order valence-electron chi connectivity index (χ2n) is 10.2. The number of nitrogens with zero attached hydrogens (tertiary/aromatic N) is 2. The Bertz CT molecular complexity index is 2030. The van der Waals surface area contributed by atoms with Crippen LogP contribution in [0.25, 0.3) is 60.3 Å². The topological polar surface area (TPSA) is 8.81 Å². The third kappa shape index (κ3) is 3.22. The van der Waals surface area contributed by atoms with Crippen molar-refractivity contribution >= 4 is 43.4 Å². The lowest BCUT2D eigenvalue weighted by Gasteiger charge is -2.13. The normalized spacial score (nSPS) is 12.2. The predicted octanol–water partition coefficient (Wildman–Crippen LogP) is 8.51. The Morgan fingerprint density at radius 1 is 0.649 bits per heavy atom. The monoisotopic (exact) mass is 478 g/mol. The molecule has 7 rings (SSSR count). The maximum Gasteiger partial charge on any atom is 0.220 e. The summed E-state index contributed by atoms with van der Waals surface area (Å²) in [5.41, 5.74) is 9.65. The summed E-state index contributed by atoms with van der Waals surface area (Å²) in [5, 5.41) is 7.17. The molecule has 0 unspecified atom stereocenters. The Balaban J connectivity index is 1.51. The van der Waals surface area contributed by atoms with E-state index < -0.39 is 0 Å². The summed E-state index contributed by atoms with van der Waals surface area (Å²) in [7, 11) is 2.00. The van der Waals surface area contributed by atoms with Crippen LogP contribution in [0.3, 0.4) is 0 Å². The van der Waals surface area contributed by atoms with Gasteiger partial charge in [-0.3, -0.25) is 0 Å². The molecule has 0 radical (unpaired) electrons. The van der Waals surface area contributed by atoms with Crippen molar-refractivity contribution in [2.75, 3.05) is 0 Å². The van der Waals surface area contributed by atoms with Gasteiger partial charge in [0.05, 0.1) is 22.0 Å². The highest BCUT2D eigenvalue weighted by Gasteiger charge is 2.20. The number of aryl methyl sites for hydroxylation is 2. The van der Waals surface area contributed by atoms with Gasteiger partial charge >= 0.3 is 0 Å². The second kappa shape index (κ2) is 8.04. The first kappa shape index (κ1) is 20.7. The van der Waals surface area contributed by atoms with Crippen LogP contribution in [0.5, 0.6) is 0 Å². The molecule has 0 saturated heterocycles. The summed E-state index contributed by atoms with van der Waals surface area (Å²) in [5.74, 6) is 0. The number of fused-ring (bicyclic) bond motifs is 6. The van der Waals surface area contributed by atoms with Gasteiger partial charge in [-0.25, -0.2) is 4.57 Å². The molecule has 2 nitrogen and oxygen atoms in total. The first-order chi connectivity index (χ1) is 18.4. The molecule has 37 heavy (non-hydrogen) atoms. The molecule has 5 aromatic carbocycles. The van der Waals surface area contributed by atoms with E-state index in [1.807, 2.05) is 17.7 Å². The molecule has 0 fully saturated rings. The second-order valence-corrected chi connectivity index (χ2v) is 10.2. The van der Waals surface area contributed by atoms with Crippen molar-refractivity contribution in [1.29, 1.82) is 0 Å². The van der Waals surface area contributed by atoms with Crippen molar-refractivity contribution in [2.24, 2.45) is 7.05 Å². The number of aromatic nitrogens is 2. The number of benzene rings is 5. The van der Waals surface area contributed by atoms with E-state index in [0.717, 1.165) is 16.8 Å². The lowest BCUT2D eigenvalue weighted by Crippen LogP contribution is -2.30. The molecule has 0 saturated carbocycles.